The Morgan fingerprint density at radius 1 is 1.67 bits per heavy atom. The van der Waals surface area contributed by atoms with Gasteiger partial charge in [0.1, 0.15) is 0 Å². The number of aliphatic hydroxyl groups excluding tert-OH is 3. The highest BCUT2D eigenvalue weighted by Gasteiger charge is 2.09. The molecule has 0 saturated heterocycles. The number of carbonyl (C=O) groups is 1. The third kappa shape index (κ3) is 2.41. The summed E-state index contributed by atoms with van der Waals surface area (Å²) in [6, 6.07) is 0. The summed E-state index contributed by atoms with van der Waals surface area (Å²) in [5.41, 5.74) is 0. The van der Waals surface area contributed by atoms with Crippen molar-refractivity contribution >= 4 is 5.97 Å². The summed E-state index contributed by atoms with van der Waals surface area (Å²) in [6.07, 6.45) is -2.84. The second-order valence-electron chi connectivity index (χ2n) is 1.39. The van der Waals surface area contributed by atoms with Gasteiger partial charge >= 0.3 is 5.97 Å². The lowest BCUT2D eigenvalue weighted by molar-refractivity contribution is -0.148. The van der Waals surface area contributed by atoms with Crippen molar-refractivity contribution in [2.24, 2.45) is 0 Å². The lowest BCUT2D eigenvalue weighted by atomic mass is 10.2. The number of aliphatic hydroxyl groups is 3. The third-order valence-electron chi connectivity index (χ3n) is 0.712. The number of hydrogen-bond acceptors (Lipinski definition) is 4. The zero-order chi connectivity index (χ0) is 7.44. The van der Waals surface area contributed by atoms with Crippen molar-refractivity contribution in [2.75, 3.05) is 6.61 Å². The van der Waals surface area contributed by atoms with E-state index in [1.165, 1.54) is 0 Å². The second-order valence-corrected chi connectivity index (χ2v) is 1.39. The average molecular weight is 135 g/mol. The molecule has 0 amide bonds. The summed E-state index contributed by atoms with van der Waals surface area (Å²) in [5, 5.41) is 32.7. The van der Waals surface area contributed by atoms with E-state index in [1.54, 1.807) is 0 Å². The van der Waals surface area contributed by atoms with E-state index in [4.69, 9.17) is 20.4 Å². The Kier molecular flexibility index (Phi) is 3.15. The van der Waals surface area contributed by atoms with E-state index in [0.717, 1.165) is 0 Å². The van der Waals surface area contributed by atoms with Gasteiger partial charge in [-0.05, 0) is 0 Å². The van der Waals surface area contributed by atoms with Crippen molar-refractivity contribution < 1.29 is 25.2 Å². The van der Waals surface area contributed by atoms with E-state index in [1.807, 2.05) is 0 Å². The molecule has 5 nitrogen and oxygen atoms in total. The first-order valence-corrected chi connectivity index (χ1v) is 2.16. The lowest BCUT2D eigenvalue weighted by Gasteiger charge is -2.23. The van der Waals surface area contributed by atoms with Gasteiger partial charge in [0, 0.05) is 0 Å². The van der Waals surface area contributed by atoms with Gasteiger partial charge in [0.2, 0.25) is 0 Å². The highest BCUT2D eigenvalue weighted by atomic mass is 16.4. The summed E-state index contributed by atoms with van der Waals surface area (Å²) >= 11 is 0. The van der Waals surface area contributed by atoms with E-state index in [9.17, 15) is 4.79 Å². The van der Waals surface area contributed by atoms with Crippen LogP contribution in [-0.2, 0) is 4.79 Å². The van der Waals surface area contributed by atoms with Gasteiger partial charge in [-0.1, -0.05) is 6.61 Å². The molecular formula is C4H7O5-. The van der Waals surface area contributed by atoms with Crippen molar-refractivity contribution in [1.82, 2.24) is 0 Å². The molecular weight excluding hydrogens is 128 g/mol. The molecule has 0 radical (unpaired) electrons. The number of rotatable bonds is 3. The van der Waals surface area contributed by atoms with Gasteiger partial charge in [-0.25, -0.2) is 0 Å². The van der Waals surface area contributed by atoms with Gasteiger partial charge in [-0.2, -0.15) is 0 Å². The van der Waals surface area contributed by atoms with Crippen LogP contribution in [-0.4, -0.2) is 39.1 Å². The molecule has 0 bridgehead atoms. The van der Waals surface area contributed by atoms with E-state index in [2.05, 4.69) is 0 Å². The normalized spacial score (nSPS) is 13.8. The number of carboxylic acids is 1. The Morgan fingerprint density at radius 2 is 2.11 bits per heavy atom. The zero-order valence-electron chi connectivity index (χ0n) is 4.48. The van der Waals surface area contributed by atoms with Gasteiger partial charge in [-0.15, -0.1) is 6.10 Å². The van der Waals surface area contributed by atoms with Crippen LogP contribution in [0.4, 0.5) is 0 Å². The summed E-state index contributed by atoms with van der Waals surface area (Å²) in [6.45, 7) is -0.840. The van der Waals surface area contributed by atoms with E-state index in [0.29, 0.717) is 0 Å². The molecule has 0 unspecified atom stereocenters. The van der Waals surface area contributed by atoms with Crippen molar-refractivity contribution in [3.8, 4) is 0 Å². The molecule has 0 spiro atoms. The fourth-order valence-corrected chi connectivity index (χ4v) is 0.229. The van der Waals surface area contributed by atoms with Crippen LogP contribution in [0.3, 0.4) is 0 Å². The molecule has 9 heavy (non-hydrogen) atoms. The van der Waals surface area contributed by atoms with Gasteiger partial charge in [0.05, 0.1) is 6.10 Å². The lowest BCUT2D eigenvalue weighted by Crippen LogP contribution is -2.29. The zero-order valence-corrected chi connectivity index (χ0v) is 4.48. The van der Waals surface area contributed by atoms with Crippen molar-refractivity contribution in [3.05, 3.63) is 6.10 Å². The average Bonchev–Trinajstić information content (AvgIpc) is 1.84. The second kappa shape index (κ2) is 3.39. The largest absolute Gasteiger partial charge is 0.558 e. The molecule has 5 heteroatoms. The predicted molar refractivity (Wildman–Crippen MR) is 25.9 cm³/mol. The van der Waals surface area contributed by atoms with Crippen molar-refractivity contribution in [2.45, 2.75) is 6.10 Å². The Morgan fingerprint density at radius 3 is 2.22 bits per heavy atom. The van der Waals surface area contributed by atoms with Crippen LogP contribution >= 0.6 is 0 Å². The summed E-state index contributed by atoms with van der Waals surface area (Å²) < 4.78 is 0. The number of carboxylic acid groups (broad SMARTS) is 1. The van der Waals surface area contributed by atoms with Crippen molar-refractivity contribution in [3.63, 3.8) is 0 Å². The topological polar surface area (TPSA) is 98.0 Å². The minimum atomic E-state index is -1.98. The molecule has 0 rings (SSSR count). The molecule has 0 aliphatic rings. The van der Waals surface area contributed by atoms with E-state index < -0.39 is 24.8 Å². The van der Waals surface area contributed by atoms with Crippen LogP contribution in [0.5, 0.6) is 0 Å². The molecule has 1 atom stereocenters. The predicted octanol–water partition coefficient (Wildman–Crippen LogP) is -1.67. The Bertz CT molecular complexity index is 101. The van der Waals surface area contributed by atoms with E-state index in [-0.39, 0.29) is 0 Å². The van der Waals surface area contributed by atoms with Gasteiger partial charge in [0.25, 0.3) is 0 Å². The SMILES string of the molecule is O=C(O)[C@H](O)[C-](O)CO. The minimum Gasteiger partial charge on any atom is -0.558 e. The molecule has 0 aliphatic carbocycles. The molecule has 0 fully saturated rings. The summed E-state index contributed by atoms with van der Waals surface area (Å²) in [4.78, 5) is 9.76. The van der Waals surface area contributed by atoms with Crippen molar-refractivity contribution in [1.29, 1.82) is 0 Å². The Balaban J connectivity index is 3.72. The Labute approximate surface area is 51.2 Å². The number of aliphatic carboxylic acids is 1. The molecule has 54 valence electrons. The van der Waals surface area contributed by atoms with Crippen LogP contribution in [0.2, 0.25) is 0 Å². The highest BCUT2D eigenvalue weighted by molar-refractivity contribution is 5.74. The van der Waals surface area contributed by atoms with Crippen LogP contribution in [0.1, 0.15) is 0 Å². The first-order chi connectivity index (χ1) is 4.09. The maximum absolute atomic E-state index is 9.76. The molecule has 0 heterocycles. The van der Waals surface area contributed by atoms with Crippen LogP contribution in [0.15, 0.2) is 0 Å². The fourth-order valence-electron chi connectivity index (χ4n) is 0.229. The van der Waals surface area contributed by atoms with Gasteiger partial charge in [0.15, 0.2) is 0 Å². The molecule has 4 N–H and O–H groups in total. The maximum atomic E-state index is 9.76. The molecule has 0 saturated carbocycles. The van der Waals surface area contributed by atoms with Gasteiger partial charge in [-0.3, -0.25) is 4.79 Å². The summed E-state index contributed by atoms with van der Waals surface area (Å²) in [5.74, 6) is -1.58. The third-order valence-corrected chi connectivity index (χ3v) is 0.712. The van der Waals surface area contributed by atoms with Gasteiger partial charge < -0.3 is 20.4 Å². The smallest absolute Gasteiger partial charge is 0.303 e. The molecule has 0 aliphatic heterocycles. The maximum Gasteiger partial charge on any atom is 0.303 e. The minimum absolute atomic E-state index is 0.840. The molecule has 0 aromatic rings. The first-order valence-electron chi connectivity index (χ1n) is 2.16. The first kappa shape index (κ1) is 8.35. The van der Waals surface area contributed by atoms with Crippen LogP contribution < -0.4 is 0 Å². The van der Waals surface area contributed by atoms with Crippen LogP contribution in [0.25, 0.3) is 0 Å². The standard InChI is InChI=1S/C4H7O5/c5-1-2(6)3(7)4(8)9/h3,5-7H,1H2,(H,8,9)/q-1/t3-/m1/s1. The monoisotopic (exact) mass is 135 g/mol. The molecule has 0 aromatic heterocycles. The fraction of sp³-hybridized carbons (Fsp3) is 0.500. The highest BCUT2D eigenvalue weighted by Crippen LogP contribution is 1.99. The molecule has 0 aromatic carbocycles. The van der Waals surface area contributed by atoms with E-state index >= 15 is 0 Å². The quantitative estimate of drug-likeness (QED) is 0.347. The Hall–Kier alpha value is -0.650. The summed E-state index contributed by atoms with van der Waals surface area (Å²) in [7, 11) is 0. The number of hydrogen-bond donors (Lipinski definition) is 4. The van der Waals surface area contributed by atoms with Crippen LogP contribution in [0, 0.1) is 6.10 Å².